The van der Waals surface area contributed by atoms with E-state index in [2.05, 4.69) is 68.1 Å². The summed E-state index contributed by atoms with van der Waals surface area (Å²) in [7, 11) is 0. The van der Waals surface area contributed by atoms with Gasteiger partial charge in [0.05, 0.1) is 0 Å². The van der Waals surface area contributed by atoms with Gasteiger partial charge < -0.3 is 19.3 Å². The number of rotatable bonds is 4. The van der Waals surface area contributed by atoms with Gasteiger partial charge in [0, 0.05) is 75.3 Å². The molecule has 4 aliphatic rings. The highest BCUT2D eigenvalue weighted by Crippen LogP contribution is 2.36. The Bertz CT molecular complexity index is 923. The Morgan fingerprint density at radius 3 is 2.18 bits per heavy atom. The Hall–Kier alpha value is -2.44. The second-order valence-electron chi connectivity index (χ2n) is 9.91. The maximum atomic E-state index is 5.58. The van der Waals surface area contributed by atoms with Gasteiger partial charge in [0.1, 0.15) is 0 Å². The Kier molecular flexibility index (Phi) is 6.04. The monoisotopic (exact) mass is 448 g/mol. The van der Waals surface area contributed by atoms with E-state index >= 15 is 0 Å². The van der Waals surface area contributed by atoms with E-state index in [-0.39, 0.29) is 0 Å². The van der Waals surface area contributed by atoms with Crippen molar-refractivity contribution in [3.05, 3.63) is 48.5 Å². The Morgan fingerprint density at radius 1 is 0.606 bits per heavy atom. The van der Waals surface area contributed by atoms with E-state index in [1.807, 2.05) is 0 Å². The van der Waals surface area contributed by atoms with Crippen LogP contribution in [0.15, 0.2) is 48.5 Å². The summed E-state index contributed by atoms with van der Waals surface area (Å²) in [6, 6.07) is 18.7. The fraction of sp³-hybridized carbons (Fsp3) is 0.556. The minimum atomic E-state index is 0.346. The average molecular weight is 449 g/mol. The maximum Gasteiger partial charge on any atom is 0.231 e. The molecule has 176 valence electrons. The van der Waals surface area contributed by atoms with Gasteiger partial charge in [-0.3, -0.25) is 9.80 Å². The van der Waals surface area contributed by atoms with Crippen LogP contribution in [-0.2, 0) is 0 Å². The van der Waals surface area contributed by atoms with Crippen LogP contribution in [0, 0.1) is 0 Å². The molecule has 33 heavy (non-hydrogen) atoms. The van der Waals surface area contributed by atoms with Crippen molar-refractivity contribution in [2.75, 3.05) is 69.0 Å². The van der Waals surface area contributed by atoms with Crippen molar-refractivity contribution in [3.8, 4) is 11.5 Å². The summed E-state index contributed by atoms with van der Waals surface area (Å²) in [5, 5.41) is 0. The summed E-state index contributed by atoms with van der Waals surface area (Å²) in [6.45, 7) is 9.80. The van der Waals surface area contributed by atoms with Crippen molar-refractivity contribution in [2.24, 2.45) is 0 Å². The van der Waals surface area contributed by atoms with Crippen LogP contribution in [-0.4, -0.2) is 81.0 Å². The number of hydrogen-bond donors (Lipinski definition) is 0. The lowest BCUT2D eigenvalue weighted by Gasteiger charge is -2.47. The minimum Gasteiger partial charge on any atom is -0.454 e. The topological polar surface area (TPSA) is 31.4 Å². The quantitative estimate of drug-likeness (QED) is 0.710. The molecular formula is C27H36N4O2. The first kappa shape index (κ1) is 21.1. The zero-order valence-electron chi connectivity index (χ0n) is 19.6. The van der Waals surface area contributed by atoms with Crippen molar-refractivity contribution in [1.29, 1.82) is 0 Å². The van der Waals surface area contributed by atoms with E-state index in [0.717, 1.165) is 49.8 Å². The van der Waals surface area contributed by atoms with Gasteiger partial charge in [-0.1, -0.05) is 18.2 Å². The molecule has 3 fully saturated rings. The van der Waals surface area contributed by atoms with Gasteiger partial charge in [-0.25, -0.2) is 0 Å². The summed E-state index contributed by atoms with van der Waals surface area (Å²) in [5.74, 6) is 1.76. The fourth-order valence-corrected chi connectivity index (χ4v) is 6.17. The minimum absolute atomic E-state index is 0.346. The zero-order chi connectivity index (χ0) is 22.0. The van der Waals surface area contributed by atoms with Crippen LogP contribution in [0.5, 0.6) is 11.5 Å². The molecule has 2 aromatic carbocycles. The molecule has 0 spiro atoms. The standard InChI is InChI=1S/C27H36N4O2/c1-2-5-22(6-3-1)29-15-17-30(18-16-29)25-7-4-12-31(20-25)23-10-13-28(14-11-23)24-8-9-26-27(19-24)33-21-32-26/h1-3,5-6,8-9,19,23,25H,4,7,10-18,20-21H2/t25-/m1/s1. The number of benzene rings is 2. The SMILES string of the molecule is c1ccc(N2CCN([C@@H]3CCCN(C4CCN(c5ccc6c(c5)OCO6)CC4)C3)CC2)cc1. The summed E-state index contributed by atoms with van der Waals surface area (Å²) in [4.78, 5) is 10.6. The third kappa shape index (κ3) is 4.51. The van der Waals surface area contributed by atoms with Crippen molar-refractivity contribution >= 4 is 11.4 Å². The first-order valence-corrected chi connectivity index (χ1v) is 12.8. The van der Waals surface area contributed by atoms with Gasteiger partial charge in [-0.2, -0.15) is 0 Å². The molecule has 0 bridgehead atoms. The van der Waals surface area contributed by atoms with E-state index in [1.54, 1.807) is 0 Å². The van der Waals surface area contributed by atoms with Gasteiger partial charge in [-0.15, -0.1) is 0 Å². The van der Waals surface area contributed by atoms with Crippen LogP contribution in [0.3, 0.4) is 0 Å². The summed E-state index contributed by atoms with van der Waals surface area (Å²) in [5.41, 5.74) is 2.64. The van der Waals surface area contributed by atoms with Crippen LogP contribution in [0.2, 0.25) is 0 Å². The Morgan fingerprint density at radius 2 is 1.36 bits per heavy atom. The Balaban J connectivity index is 1.01. The van der Waals surface area contributed by atoms with Gasteiger partial charge in [0.2, 0.25) is 6.79 Å². The Labute approximate surface area is 197 Å². The second kappa shape index (κ2) is 9.43. The smallest absolute Gasteiger partial charge is 0.231 e. The summed E-state index contributed by atoms with van der Waals surface area (Å²) < 4.78 is 11.1. The normalized spacial score (nSPS) is 24.9. The molecule has 0 saturated carbocycles. The van der Waals surface area contributed by atoms with Crippen LogP contribution >= 0.6 is 0 Å². The molecule has 0 unspecified atom stereocenters. The molecule has 4 heterocycles. The van der Waals surface area contributed by atoms with Gasteiger partial charge in [0.25, 0.3) is 0 Å². The number of para-hydroxylation sites is 1. The molecule has 4 aliphatic heterocycles. The third-order valence-corrected chi connectivity index (χ3v) is 8.08. The summed E-state index contributed by atoms with van der Waals surface area (Å²) >= 11 is 0. The van der Waals surface area contributed by atoms with Crippen LogP contribution in [0.25, 0.3) is 0 Å². The van der Waals surface area contributed by atoms with Crippen molar-refractivity contribution in [2.45, 2.75) is 37.8 Å². The highest BCUT2D eigenvalue weighted by atomic mass is 16.7. The first-order chi connectivity index (χ1) is 16.3. The molecule has 6 heteroatoms. The average Bonchev–Trinajstić information content (AvgIpc) is 3.38. The largest absolute Gasteiger partial charge is 0.454 e. The molecule has 6 nitrogen and oxygen atoms in total. The lowest BCUT2D eigenvalue weighted by Crippen LogP contribution is -2.57. The zero-order valence-corrected chi connectivity index (χ0v) is 19.6. The molecule has 0 amide bonds. The predicted octanol–water partition coefficient (Wildman–Crippen LogP) is 3.67. The number of hydrogen-bond acceptors (Lipinski definition) is 6. The molecule has 6 rings (SSSR count). The third-order valence-electron chi connectivity index (χ3n) is 8.08. The van der Waals surface area contributed by atoms with Crippen molar-refractivity contribution in [3.63, 3.8) is 0 Å². The number of piperidine rings is 2. The number of ether oxygens (including phenoxy) is 2. The number of piperazine rings is 1. The number of likely N-dealkylation sites (tertiary alicyclic amines) is 1. The van der Waals surface area contributed by atoms with E-state index < -0.39 is 0 Å². The highest BCUT2D eigenvalue weighted by molar-refractivity contribution is 5.57. The van der Waals surface area contributed by atoms with E-state index in [0.29, 0.717) is 6.79 Å². The molecule has 0 N–H and O–H groups in total. The number of anilines is 2. The van der Waals surface area contributed by atoms with Gasteiger partial charge in [0.15, 0.2) is 11.5 Å². The fourth-order valence-electron chi connectivity index (χ4n) is 6.17. The van der Waals surface area contributed by atoms with E-state index in [1.165, 1.54) is 63.2 Å². The molecule has 0 radical (unpaired) electrons. The second-order valence-corrected chi connectivity index (χ2v) is 9.91. The van der Waals surface area contributed by atoms with Crippen LogP contribution < -0.4 is 19.3 Å². The van der Waals surface area contributed by atoms with Crippen LogP contribution in [0.1, 0.15) is 25.7 Å². The first-order valence-electron chi connectivity index (χ1n) is 12.8. The number of fused-ring (bicyclic) bond motifs is 1. The van der Waals surface area contributed by atoms with Crippen LogP contribution in [0.4, 0.5) is 11.4 Å². The molecule has 1 atom stereocenters. The summed E-state index contributed by atoms with van der Waals surface area (Å²) in [6.07, 6.45) is 5.20. The highest BCUT2D eigenvalue weighted by Gasteiger charge is 2.32. The molecule has 0 aromatic heterocycles. The van der Waals surface area contributed by atoms with Crippen molar-refractivity contribution < 1.29 is 9.47 Å². The van der Waals surface area contributed by atoms with E-state index in [4.69, 9.17) is 9.47 Å². The molecule has 3 saturated heterocycles. The molecule has 0 aliphatic carbocycles. The van der Waals surface area contributed by atoms with Gasteiger partial charge in [-0.05, 0) is 56.5 Å². The molecule has 2 aromatic rings. The lowest BCUT2D eigenvalue weighted by atomic mass is 9.96. The lowest BCUT2D eigenvalue weighted by molar-refractivity contribution is 0.0596. The molecular weight excluding hydrogens is 412 g/mol. The van der Waals surface area contributed by atoms with Gasteiger partial charge >= 0.3 is 0 Å². The predicted molar refractivity (Wildman–Crippen MR) is 133 cm³/mol. The van der Waals surface area contributed by atoms with E-state index in [9.17, 15) is 0 Å². The maximum absolute atomic E-state index is 5.58. The number of nitrogens with zero attached hydrogens (tertiary/aromatic N) is 4. The van der Waals surface area contributed by atoms with Crippen molar-refractivity contribution in [1.82, 2.24) is 9.80 Å².